The molecule has 2 atom stereocenters. The molecule has 0 aromatic heterocycles. The second kappa shape index (κ2) is 12.1. The Bertz CT molecular complexity index is 921. The molecule has 33 heavy (non-hydrogen) atoms. The van der Waals surface area contributed by atoms with E-state index in [1.807, 2.05) is 0 Å². The summed E-state index contributed by atoms with van der Waals surface area (Å²) in [6, 6.07) is 12.9. The van der Waals surface area contributed by atoms with Gasteiger partial charge in [0.25, 0.3) is 5.91 Å². The number of likely N-dealkylation sites (tertiary alicyclic amines) is 1. The number of carbonyl (C=O) groups excluding carboxylic acids is 2. The lowest BCUT2D eigenvalue weighted by Gasteiger charge is -2.27. The van der Waals surface area contributed by atoms with Gasteiger partial charge in [0.2, 0.25) is 0 Å². The first kappa shape index (κ1) is 24.3. The van der Waals surface area contributed by atoms with Crippen LogP contribution in [0.15, 0.2) is 48.5 Å². The number of urea groups is 1. The Labute approximate surface area is 193 Å². The Morgan fingerprint density at radius 1 is 1.09 bits per heavy atom. The van der Waals surface area contributed by atoms with Crippen molar-refractivity contribution >= 4 is 17.6 Å². The highest BCUT2D eigenvalue weighted by Gasteiger charge is 2.29. The third-order valence-corrected chi connectivity index (χ3v) is 5.41. The number of rotatable bonds is 8. The van der Waals surface area contributed by atoms with Crippen LogP contribution in [-0.4, -0.2) is 74.6 Å². The Balaban J connectivity index is 1.60. The fourth-order valence-electron chi connectivity index (χ4n) is 3.57. The highest BCUT2D eigenvalue weighted by Crippen LogP contribution is 2.19. The maximum Gasteiger partial charge on any atom is 0.321 e. The highest BCUT2D eigenvalue weighted by atomic mass is 16.5. The van der Waals surface area contributed by atoms with E-state index in [1.165, 1.54) is 0 Å². The zero-order chi connectivity index (χ0) is 23.6. The minimum Gasteiger partial charge on any atom is -0.497 e. The molecule has 0 saturated carbocycles. The highest BCUT2D eigenvalue weighted by molar-refractivity contribution is 5.94. The number of hydrogen-bond acceptors (Lipinski definition) is 6. The molecule has 3 N–H and O–H groups in total. The molecule has 9 nitrogen and oxygen atoms in total. The molecule has 0 spiro atoms. The van der Waals surface area contributed by atoms with Crippen LogP contribution in [0, 0.1) is 0 Å². The standard InChI is InChI=1S/C24H31N3O6/c1-31-13-14-33-19-10-8-17(9-11-19)23(29)26-21-16-27(12-4-7-22(21)28)24(30)25-18-5-3-6-20(15-18)32-2/h3,5-6,8-11,15,21-22,28H,4,7,12-14,16H2,1-2H3,(H,25,30)(H,26,29)/t21-,22+/m0/s1. The van der Waals surface area contributed by atoms with Crippen molar-refractivity contribution in [3.63, 3.8) is 0 Å². The molecular weight excluding hydrogens is 426 g/mol. The molecule has 1 saturated heterocycles. The van der Waals surface area contributed by atoms with Gasteiger partial charge in [-0.2, -0.15) is 0 Å². The number of hydrogen-bond donors (Lipinski definition) is 3. The minimum absolute atomic E-state index is 0.195. The molecule has 3 rings (SSSR count). The van der Waals surface area contributed by atoms with E-state index >= 15 is 0 Å². The number of carbonyl (C=O) groups is 2. The topological polar surface area (TPSA) is 109 Å². The van der Waals surface area contributed by atoms with Gasteiger partial charge < -0.3 is 34.9 Å². The van der Waals surface area contributed by atoms with Crippen LogP contribution in [0.1, 0.15) is 23.2 Å². The number of amides is 3. The number of aliphatic hydroxyl groups excluding tert-OH is 1. The monoisotopic (exact) mass is 457 g/mol. The third-order valence-electron chi connectivity index (χ3n) is 5.41. The van der Waals surface area contributed by atoms with Crippen molar-refractivity contribution in [3.05, 3.63) is 54.1 Å². The van der Waals surface area contributed by atoms with Gasteiger partial charge in [-0.3, -0.25) is 4.79 Å². The van der Waals surface area contributed by atoms with Gasteiger partial charge in [-0.05, 0) is 49.2 Å². The van der Waals surface area contributed by atoms with Crippen molar-refractivity contribution in [2.75, 3.05) is 45.8 Å². The van der Waals surface area contributed by atoms with Crippen molar-refractivity contribution in [2.24, 2.45) is 0 Å². The molecule has 9 heteroatoms. The van der Waals surface area contributed by atoms with Crippen molar-refractivity contribution in [2.45, 2.75) is 25.0 Å². The van der Waals surface area contributed by atoms with Gasteiger partial charge in [-0.1, -0.05) is 6.07 Å². The van der Waals surface area contributed by atoms with E-state index in [9.17, 15) is 14.7 Å². The lowest BCUT2D eigenvalue weighted by atomic mass is 10.1. The first-order chi connectivity index (χ1) is 16.0. The Morgan fingerprint density at radius 3 is 2.61 bits per heavy atom. The van der Waals surface area contributed by atoms with Crippen LogP contribution in [0.2, 0.25) is 0 Å². The summed E-state index contributed by atoms with van der Waals surface area (Å²) in [6.45, 7) is 1.57. The summed E-state index contributed by atoms with van der Waals surface area (Å²) in [4.78, 5) is 27.2. The lowest BCUT2D eigenvalue weighted by molar-refractivity contribution is 0.0811. The molecule has 0 bridgehead atoms. The van der Waals surface area contributed by atoms with Gasteiger partial charge in [0.15, 0.2) is 0 Å². The summed E-state index contributed by atoms with van der Waals surface area (Å²) in [6.07, 6.45) is 0.368. The maximum absolute atomic E-state index is 12.8. The zero-order valence-corrected chi connectivity index (χ0v) is 19.0. The Morgan fingerprint density at radius 2 is 1.88 bits per heavy atom. The van der Waals surface area contributed by atoms with Gasteiger partial charge >= 0.3 is 6.03 Å². The maximum atomic E-state index is 12.8. The number of methoxy groups -OCH3 is 2. The van der Waals surface area contributed by atoms with Gasteiger partial charge in [0.05, 0.1) is 25.9 Å². The Hall–Kier alpha value is -3.30. The van der Waals surface area contributed by atoms with Gasteiger partial charge in [0, 0.05) is 37.5 Å². The second-order valence-electron chi connectivity index (χ2n) is 7.76. The average Bonchev–Trinajstić information content (AvgIpc) is 3.01. The molecule has 0 radical (unpaired) electrons. The quantitative estimate of drug-likeness (QED) is 0.526. The van der Waals surface area contributed by atoms with Crippen LogP contribution in [0.4, 0.5) is 10.5 Å². The first-order valence-electron chi connectivity index (χ1n) is 10.9. The van der Waals surface area contributed by atoms with Crippen LogP contribution in [-0.2, 0) is 4.74 Å². The molecule has 178 valence electrons. The summed E-state index contributed by atoms with van der Waals surface area (Å²) in [5, 5.41) is 16.3. The van der Waals surface area contributed by atoms with Crippen LogP contribution in [0.3, 0.4) is 0 Å². The van der Waals surface area contributed by atoms with Crippen LogP contribution < -0.4 is 20.1 Å². The van der Waals surface area contributed by atoms with Crippen LogP contribution >= 0.6 is 0 Å². The first-order valence-corrected chi connectivity index (χ1v) is 10.9. The van der Waals surface area contributed by atoms with E-state index in [4.69, 9.17) is 14.2 Å². The average molecular weight is 458 g/mol. The van der Waals surface area contributed by atoms with E-state index in [-0.39, 0.29) is 18.5 Å². The number of nitrogens with one attached hydrogen (secondary N) is 2. The third kappa shape index (κ3) is 7.10. The normalized spacial score (nSPS) is 18.2. The second-order valence-corrected chi connectivity index (χ2v) is 7.76. The molecule has 2 aromatic carbocycles. The predicted octanol–water partition coefficient (Wildman–Crippen LogP) is 2.51. The molecule has 1 aliphatic rings. The number of anilines is 1. The van der Waals surface area contributed by atoms with E-state index in [2.05, 4.69) is 10.6 Å². The smallest absolute Gasteiger partial charge is 0.321 e. The van der Waals surface area contributed by atoms with E-state index in [0.717, 1.165) is 0 Å². The van der Waals surface area contributed by atoms with Crippen molar-refractivity contribution in [3.8, 4) is 11.5 Å². The summed E-state index contributed by atoms with van der Waals surface area (Å²) in [5.41, 5.74) is 1.05. The number of ether oxygens (including phenoxy) is 3. The van der Waals surface area contributed by atoms with Crippen molar-refractivity contribution in [1.29, 1.82) is 0 Å². The molecule has 2 aromatic rings. The molecular formula is C24H31N3O6. The fourth-order valence-corrected chi connectivity index (χ4v) is 3.57. The molecule has 3 amide bonds. The molecule has 1 aliphatic heterocycles. The molecule has 1 fully saturated rings. The van der Waals surface area contributed by atoms with Gasteiger partial charge in [-0.25, -0.2) is 4.79 Å². The summed E-state index contributed by atoms with van der Waals surface area (Å²) in [7, 11) is 3.16. The van der Waals surface area contributed by atoms with Crippen molar-refractivity contribution < 1.29 is 28.9 Å². The van der Waals surface area contributed by atoms with E-state index < -0.39 is 12.1 Å². The minimum atomic E-state index is -0.750. The molecule has 0 unspecified atom stereocenters. The van der Waals surface area contributed by atoms with Crippen LogP contribution in [0.5, 0.6) is 11.5 Å². The van der Waals surface area contributed by atoms with Crippen LogP contribution in [0.25, 0.3) is 0 Å². The fraction of sp³-hybridized carbons (Fsp3) is 0.417. The largest absolute Gasteiger partial charge is 0.497 e. The lowest BCUT2D eigenvalue weighted by Crippen LogP contribution is -2.50. The summed E-state index contributed by atoms with van der Waals surface area (Å²) < 4.78 is 15.7. The number of aliphatic hydroxyl groups is 1. The SMILES string of the molecule is COCCOc1ccc(C(=O)N[C@H]2CN(C(=O)Nc3cccc(OC)c3)CCC[C@H]2O)cc1. The summed E-state index contributed by atoms with van der Waals surface area (Å²) >= 11 is 0. The number of nitrogens with zero attached hydrogens (tertiary/aromatic N) is 1. The summed E-state index contributed by atoms with van der Waals surface area (Å²) in [5.74, 6) is 0.954. The van der Waals surface area contributed by atoms with Crippen molar-refractivity contribution in [1.82, 2.24) is 10.2 Å². The zero-order valence-electron chi connectivity index (χ0n) is 19.0. The van der Waals surface area contributed by atoms with E-state index in [1.54, 1.807) is 67.7 Å². The molecule has 1 heterocycles. The number of benzene rings is 2. The molecule has 0 aliphatic carbocycles. The van der Waals surface area contributed by atoms with E-state index in [0.29, 0.717) is 55.4 Å². The predicted molar refractivity (Wildman–Crippen MR) is 124 cm³/mol. The van der Waals surface area contributed by atoms with Gasteiger partial charge in [-0.15, -0.1) is 0 Å². The van der Waals surface area contributed by atoms with Gasteiger partial charge in [0.1, 0.15) is 18.1 Å². The Kier molecular flexibility index (Phi) is 8.91.